The highest BCUT2D eigenvalue weighted by Crippen LogP contribution is 2.33. The van der Waals surface area contributed by atoms with Crippen molar-refractivity contribution < 1.29 is 13.9 Å². The van der Waals surface area contributed by atoms with E-state index in [1.165, 1.54) is 18.2 Å². The fourth-order valence-electron chi connectivity index (χ4n) is 3.61. The van der Waals surface area contributed by atoms with Crippen LogP contribution >= 0.6 is 0 Å². The van der Waals surface area contributed by atoms with E-state index in [-0.39, 0.29) is 17.6 Å². The van der Waals surface area contributed by atoms with Crippen LogP contribution in [-0.4, -0.2) is 37.6 Å². The summed E-state index contributed by atoms with van der Waals surface area (Å²) in [5, 5.41) is 4.48. The van der Waals surface area contributed by atoms with Gasteiger partial charge < -0.3 is 15.4 Å². The lowest BCUT2D eigenvalue weighted by molar-refractivity contribution is 0.0776. The summed E-state index contributed by atoms with van der Waals surface area (Å²) in [7, 11) is 3.50. The number of rotatable bonds is 0. The van der Waals surface area contributed by atoms with Crippen LogP contribution in [0.15, 0.2) is 24.4 Å². The van der Waals surface area contributed by atoms with Gasteiger partial charge in [0.15, 0.2) is 5.82 Å². The second kappa shape index (κ2) is 6.84. The van der Waals surface area contributed by atoms with Crippen LogP contribution in [0.2, 0.25) is 0 Å². The van der Waals surface area contributed by atoms with Gasteiger partial charge in [0.1, 0.15) is 11.9 Å². The van der Waals surface area contributed by atoms with Crippen molar-refractivity contribution in [3.05, 3.63) is 52.7 Å². The first-order chi connectivity index (χ1) is 13.8. The van der Waals surface area contributed by atoms with E-state index in [1.54, 1.807) is 29.7 Å². The summed E-state index contributed by atoms with van der Waals surface area (Å²) in [4.78, 5) is 23.5. The molecule has 0 radical (unpaired) electrons. The van der Waals surface area contributed by atoms with Gasteiger partial charge in [0.2, 0.25) is 0 Å². The Kier molecular flexibility index (Phi) is 4.45. The Labute approximate surface area is 167 Å². The number of anilines is 1. The first-order valence-corrected chi connectivity index (χ1v) is 9.13. The molecule has 1 aromatic carbocycles. The number of ether oxygens (including phenoxy) is 1. The lowest BCUT2D eigenvalue weighted by Gasteiger charge is -2.24. The summed E-state index contributed by atoms with van der Waals surface area (Å²) in [5.41, 5.74) is 9.60. The molecule has 2 N–H and O–H groups in total. The number of halogens is 1. The van der Waals surface area contributed by atoms with Gasteiger partial charge in [0.05, 0.1) is 29.8 Å². The average Bonchev–Trinajstić information content (AvgIpc) is 2.95. The highest BCUT2D eigenvalue weighted by Gasteiger charge is 2.26. The highest BCUT2D eigenvalue weighted by molar-refractivity contribution is 5.95. The third-order valence-electron chi connectivity index (χ3n) is 5.07. The summed E-state index contributed by atoms with van der Waals surface area (Å²) in [5.74, 6) is -0.467. The van der Waals surface area contributed by atoms with Crippen LogP contribution in [0.1, 0.15) is 40.3 Å². The number of hydrogen-bond acceptors (Lipinski definition) is 6. The maximum atomic E-state index is 14.0. The number of carbonyl (C=O) groups excluding carboxylic acids is 1. The topological polar surface area (TPSA) is 99.2 Å². The molecule has 0 spiro atoms. The number of amides is 1. The van der Waals surface area contributed by atoms with Crippen molar-refractivity contribution in [3.8, 4) is 17.1 Å². The fraction of sp³-hybridized carbons (Fsp3) is 0.300. The Morgan fingerprint density at radius 2 is 2.07 bits per heavy atom. The van der Waals surface area contributed by atoms with Crippen LogP contribution in [0, 0.1) is 12.7 Å². The third kappa shape index (κ3) is 3.18. The third-order valence-corrected chi connectivity index (χ3v) is 5.07. The van der Waals surface area contributed by atoms with Crippen LogP contribution in [0.3, 0.4) is 0 Å². The Hall–Kier alpha value is -3.49. The monoisotopic (exact) mass is 396 g/mol. The number of hydrogen-bond donors (Lipinski definition) is 1. The van der Waals surface area contributed by atoms with Crippen molar-refractivity contribution in [1.29, 1.82) is 0 Å². The maximum absolute atomic E-state index is 14.0. The number of fused-ring (bicyclic) bond motifs is 5. The Morgan fingerprint density at radius 3 is 2.83 bits per heavy atom. The van der Waals surface area contributed by atoms with Crippen molar-refractivity contribution in [2.45, 2.75) is 26.5 Å². The molecule has 9 heteroatoms. The Bertz CT molecular complexity index is 1130. The molecule has 3 aromatic rings. The SMILES string of the molecule is Cc1nn(C)c2c1-c1cnc(N)c(n1)OC(C)c1cc(F)ccc1C(=O)N(C)C2. The van der Waals surface area contributed by atoms with Crippen LogP contribution in [0.5, 0.6) is 5.88 Å². The minimum atomic E-state index is -0.668. The molecule has 0 saturated heterocycles. The van der Waals surface area contributed by atoms with Crippen LogP contribution in [-0.2, 0) is 13.6 Å². The van der Waals surface area contributed by atoms with Crippen molar-refractivity contribution in [1.82, 2.24) is 24.6 Å². The fourth-order valence-corrected chi connectivity index (χ4v) is 3.61. The molecule has 3 heterocycles. The smallest absolute Gasteiger partial charge is 0.258 e. The van der Waals surface area contributed by atoms with E-state index in [2.05, 4.69) is 15.1 Å². The molecule has 4 rings (SSSR count). The zero-order chi connectivity index (χ0) is 20.9. The number of benzene rings is 1. The second-order valence-electron chi connectivity index (χ2n) is 7.13. The Balaban J connectivity index is 1.97. The number of nitrogens with zero attached hydrogens (tertiary/aromatic N) is 5. The van der Waals surface area contributed by atoms with Gasteiger partial charge in [-0.15, -0.1) is 0 Å². The van der Waals surface area contributed by atoms with Gasteiger partial charge in [-0.3, -0.25) is 9.48 Å². The summed E-state index contributed by atoms with van der Waals surface area (Å²) in [6.45, 7) is 3.87. The summed E-state index contributed by atoms with van der Waals surface area (Å²) in [6, 6.07) is 4.03. The molecule has 1 atom stereocenters. The molecule has 1 unspecified atom stereocenters. The van der Waals surface area contributed by atoms with E-state index in [0.29, 0.717) is 23.4 Å². The molecule has 29 heavy (non-hydrogen) atoms. The quantitative estimate of drug-likeness (QED) is 0.627. The van der Waals surface area contributed by atoms with E-state index < -0.39 is 11.9 Å². The lowest BCUT2D eigenvalue weighted by Crippen LogP contribution is -2.29. The molecule has 1 amide bonds. The molecular formula is C20H21FN6O2. The zero-order valence-corrected chi connectivity index (χ0v) is 16.6. The van der Waals surface area contributed by atoms with Gasteiger partial charge in [-0.25, -0.2) is 14.4 Å². The van der Waals surface area contributed by atoms with E-state index in [0.717, 1.165) is 17.0 Å². The van der Waals surface area contributed by atoms with Crippen LogP contribution in [0.25, 0.3) is 11.3 Å². The molecule has 2 bridgehead atoms. The number of nitrogen functional groups attached to an aromatic ring is 1. The largest absolute Gasteiger partial charge is 0.467 e. The number of aryl methyl sites for hydroxylation is 2. The molecule has 1 aliphatic heterocycles. The van der Waals surface area contributed by atoms with E-state index in [9.17, 15) is 9.18 Å². The van der Waals surface area contributed by atoms with Gasteiger partial charge in [-0.05, 0) is 32.0 Å². The molecule has 0 aliphatic carbocycles. The summed E-state index contributed by atoms with van der Waals surface area (Å²) in [6.07, 6.45) is 0.889. The molecule has 0 fully saturated rings. The van der Waals surface area contributed by atoms with Crippen molar-refractivity contribution in [2.75, 3.05) is 12.8 Å². The van der Waals surface area contributed by atoms with Gasteiger partial charge >= 0.3 is 0 Å². The first kappa shape index (κ1) is 18.9. The number of carbonyl (C=O) groups is 1. The van der Waals surface area contributed by atoms with Crippen molar-refractivity contribution in [2.24, 2.45) is 7.05 Å². The van der Waals surface area contributed by atoms with Crippen LogP contribution < -0.4 is 10.5 Å². The predicted molar refractivity (Wildman–Crippen MR) is 105 cm³/mol. The highest BCUT2D eigenvalue weighted by atomic mass is 19.1. The van der Waals surface area contributed by atoms with Gasteiger partial charge in [0, 0.05) is 30.8 Å². The average molecular weight is 396 g/mol. The van der Waals surface area contributed by atoms with E-state index >= 15 is 0 Å². The molecule has 150 valence electrons. The molecule has 0 saturated carbocycles. The first-order valence-electron chi connectivity index (χ1n) is 9.13. The summed E-state index contributed by atoms with van der Waals surface area (Å²) >= 11 is 0. The zero-order valence-electron chi connectivity index (χ0n) is 16.6. The molecule has 8 nitrogen and oxygen atoms in total. The second-order valence-corrected chi connectivity index (χ2v) is 7.13. The van der Waals surface area contributed by atoms with Crippen molar-refractivity contribution in [3.63, 3.8) is 0 Å². The minimum absolute atomic E-state index is 0.113. The van der Waals surface area contributed by atoms with Gasteiger partial charge in [-0.1, -0.05) is 0 Å². The summed E-state index contributed by atoms with van der Waals surface area (Å²) < 4.78 is 21.6. The maximum Gasteiger partial charge on any atom is 0.258 e. The standard InChI is InChI=1S/C20H21FN6O2/c1-10-17-15-8-23-18(22)19(24-15)29-11(2)14-7-12(21)5-6-13(14)20(28)26(3)9-16(17)27(4)25-10/h5-8,11H,9H2,1-4H3,(H2,22,23). The van der Waals surface area contributed by atoms with E-state index in [1.807, 2.05) is 14.0 Å². The number of aromatic nitrogens is 4. The molecular weight excluding hydrogens is 375 g/mol. The Morgan fingerprint density at radius 1 is 1.31 bits per heavy atom. The van der Waals surface area contributed by atoms with Crippen LogP contribution in [0.4, 0.5) is 10.2 Å². The lowest BCUT2D eigenvalue weighted by atomic mass is 10.0. The number of nitrogens with two attached hydrogens (primary N) is 1. The minimum Gasteiger partial charge on any atom is -0.467 e. The van der Waals surface area contributed by atoms with Crippen molar-refractivity contribution >= 4 is 11.7 Å². The van der Waals surface area contributed by atoms with Gasteiger partial charge in [-0.2, -0.15) is 5.10 Å². The molecule has 1 aliphatic rings. The van der Waals surface area contributed by atoms with Gasteiger partial charge in [0.25, 0.3) is 11.8 Å². The normalized spacial score (nSPS) is 16.4. The predicted octanol–water partition coefficient (Wildman–Crippen LogP) is 2.63. The molecule has 2 aromatic heterocycles. The van der Waals surface area contributed by atoms with E-state index in [4.69, 9.17) is 10.5 Å².